The van der Waals surface area contributed by atoms with E-state index in [1.807, 2.05) is 0 Å². The molecule has 0 bridgehead atoms. The Bertz CT molecular complexity index is 384. The van der Waals surface area contributed by atoms with Crippen LogP contribution in [0.15, 0.2) is 5.38 Å². The number of piperidine rings is 1. The highest BCUT2D eigenvalue weighted by molar-refractivity contribution is 7.09. The minimum atomic E-state index is 0.594. The minimum absolute atomic E-state index is 0.594. The fourth-order valence-corrected chi connectivity index (χ4v) is 3.98. The lowest BCUT2D eigenvalue weighted by molar-refractivity contribution is 0.193. The van der Waals surface area contributed by atoms with Crippen LogP contribution < -0.4 is 5.32 Å². The second-order valence-electron chi connectivity index (χ2n) is 5.66. The van der Waals surface area contributed by atoms with Crippen molar-refractivity contribution < 1.29 is 0 Å². The van der Waals surface area contributed by atoms with Gasteiger partial charge in [0.25, 0.3) is 0 Å². The summed E-state index contributed by atoms with van der Waals surface area (Å²) in [5.41, 5.74) is 1.32. The lowest BCUT2D eigenvalue weighted by atomic mass is 9.98. The van der Waals surface area contributed by atoms with Crippen LogP contribution >= 0.6 is 11.3 Å². The van der Waals surface area contributed by atoms with E-state index in [1.165, 1.54) is 62.6 Å². The molecule has 1 aromatic heterocycles. The standard InChI is InChI=1S/C14H23N3S/c1-11-16-13(10-18-11)14-5-3-7-17(14)9-12-4-2-6-15-8-12/h10,12,14-15H,2-9H2,1H3/t12?,14-/m1/s1. The number of likely N-dealkylation sites (tertiary alicyclic amines) is 1. The van der Waals surface area contributed by atoms with E-state index in [4.69, 9.17) is 4.98 Å². The van der Waals surface area contributed by atoms with Gasteiger partial charge < -0.3 is 5.32 Å². The van der Waals surface area contributed by atoms with E-state index < -0.39 is 0 Å². The SMILES string of the molecule is Cc1nc([C@H]2CCCN2CC2CCCNC2)cs1. The molecule has 1 aromatic rings. The number of nitrogens with zero attached hydrogens (tertiary/aromatic N) is 2. The summed E-state index contributed by atoms with van der Waals surface area (Å²) in [5, 5.41) is 6.99. The van der Waals surface area contributed by atoms with Gasteiger partial charge in [-0.15, -0.1) is 11.3 Å². The third kappa shape index (κ3) is 2.76. The highest BCUT2D eigenvalue weighted by Gasteiger charge is 2.29. The van der Waals surface area contributed by atoms with E-state index >= 15 is 0 Å². The Labute approximate surface area is 114 Å². The molecule has 2 fully saturated rings. The Balaban J connectivity index is 1.63. The lowest BCUT2D eigenvalue weighted by Crippen LogP contribution is -2.38. The van der Waals surface area contributed by atoms with Crippen molar-refractivity contribution in [1.29, 1.82) is 0 Å². The van der Waals surface area contributed by atoms with Crippen LogP contribution in [0, 0.1) is 12.8 Å². The zero-order valence-corrected chi connectivity index (χ0v) is 12.0. The maximum atomic E-state index is 4.70. The molecule has 0 aromatic carbocycles. The maximum Gasteiger partial charge on any atom is 0.0898 e. The van der Waals surface area contributed by atoms with Crippen molar-refractivity contribution >= 4 is 11.3 Å². The third-order valence-electron chi connectivity index (χ3n) is 4.23. The summed E-state index contributed by atoms with van der Waals surface area (Å²) in [7, 11) is 0. The molecular formula is C14H23N3S. The molecule has 0 saturated carbocycles. The van der Waals surface area contributed by atoms with E-state index in [0.29, 0.717) is 6.04 Å². The monoisotopic (exact) mass is 265 g/mol. The molecule has 2 aliphatic rings. The van der Waals surface area contributed by atoms with E-state index in [-0.39, 0.29) is 0 Å². The van der Waals surface area contributed by atoms with Crippen molar-refractivity contribution in [2.45, 2.75) is 38.6 Å². The molecule has 0 aliphatic carbocycles. The minimum Gasteiger partial charge on any atom is -0.316 e. The van der Waals surface area contributed by atoms with Gasteiger partial charge in [0.1, 0.15) is 0 Å². The summed E-state index contributed by atoms with van der Waals surface area (Å²) in [5.74, 6) is 0.846. The number of hydrogen-bond acceptors (Lipinski definition) is 4. The van der Waals surface area contributed by atoms with E-state index in [9.17, 15) is 0 Å². The first-order valence-corrected chi connectivity index (χ1v) is 8.07. The highest BCUT2D eigenvalue weighted by atomic mass is 32.1. The molecule has 3 rings (SSSR count). The first kappa shape index (κ1) is 12.6. The molecule has 0 spiro atoms. The first-order valence-electron chi connectivity index (χ1n) is 7.20. The van der Waals surface area contributed by atoms with Gasteiger partial charge in [-0.3, -0.25) is 4.90 Å². The molecule has 100 valence electrons. The summed E-state index contributed by atoms with van der Waals surface area (Å²) in [6, 6.07) is 0.594. The highest BCUT2D eigenvalue weighted by Crippen LogP contribution is 2.33. The van der Waals surface area contributed by atoms with Crippen molar-refractivity contribution in [3.05, 3.63) is 16.1 Å². The molecule has 2 atom stereocenters. The second kappa shape index (κ2) is 5.68. The fourth-order valence-electron chi connectivity index (χ4n) is 3.32. The van der Waals surface area contributed by atoms with Gasteiger partial charge in [0, 0.05) is 11.9 Å². The number of aryl methyl sites for hydroxylation is 1. The Morgan fingerprint density at radius 2 is 2.39 bits per heavy atom. The molecule has 18 heavy (non-hydrogen) atoms. The molecule has 3 heterocycles. The molecule has 0 amide bonds. The average molecular weight is 265 g/mol. The quantitative estimate of drug-likeness (QED) is 0.910. The normalized spacial score (nSPS) is 29.8. The van der Waals surface area contributed by atoms with Crippen LogP contribution in [0.5, 0.6) is 0 Å². The number of nitrogens with one attached hydrogen (secondary N) is 1. The molecule has 1 unspecified atom stereocenters. The van der Waals surface area contributed by atoms with Gasteiger partial charge in [-0.25, -0.2) is 4.98 Å². The van der Waals surface area contributed by atoms with Crippen LogP contribution in [0.1, 0.15) is 42.4 Å². The molecule has 3 nitrogen and oxygen atoms in total. The van der Waals surface area contributed by atoms with Crippen molar-refractivity contribution in [2.75, 3.05) is 26.2 Å². The van der Waals surface area contributed by atoms with Crippen LogP contribution in [0.3, 0.4) is 0 Å². The van der Waals surface area contributed by atoms with Crippen LogP contribution in [0.4, 0.5) is 0 Å². The van der Waals surface area contributed by atoms with Crippen LogP contribution in [0.25, 0.3) is 0 Å². The Morgan fingerprint density at radius 1 is 1.44 bits per heavy atom. The van der Waals surface area contributed by atoms with Gasteiger partial charge in [-0.05, 0) is 58.2 Å². The van der Waals surface area contributed by atoms with Gasteiger partial charge in [0.2, 0.25) is 0 Å². The van der Waals surface area contributed by atoms with Crippen molar-refractivity contribution in [3.63, 3.8) is 0 Å². The van der Waals surface area contributed by atoms with Gasteiger partial charge in [0.05, 0.1) is 16.7 Å². The van der Waals surface area contributed by atoms with Crippen molar-refractivity contribution in [2.24, 2.45) is 5.92 Å². The van der Waals surface area contributed by atoms with Crippen molar-refractivity contribution in [3.8, 4) is 0 Å². The van der Waals surface area contributed by atoms with Gasteiger partial charge >= 0.3 is 0 Å². The maximum absolute atomic E-state index is 4.70. The average Bonchev–Trinajstić information content (AvgIpc) is 2.99. The molecule has 2 aliphatic heterocycles. The van der Waals surface area contributed by atoms with Gasteiger partial charge in [0.15, 0.2) is 0 Å². The van der Waals surface area contributed by atoms with Crippen molar-refractivity contribution in [1.82, 2.24) is 15.2 Å². The van der Waals surface area contributed by atoms with E-state index in [2.05, 4.69) is 22.5 Å². The predicted molar refractivity (Wildman–Crippen MR) is 76.0 cm³/mol. The smallest absolute Gasteiger partial charge is 0.0898 e. The number of rotatable bonds is 3. The second-order valence-corrected chi connectivity index (χ2v) is 6.72. The summed E-state index contributed by atoms with van der Waals surface area (Å²) in [4.78, 5) is 7.37. The molecule has 2 saturated heterocycles. The summed E-state index contributed by atoms with van der Waals surface area (Å²) >= 11 is 1.79. The zero-order valence-electron chi connectivity index (χ0n) is 11.2. The summed E-state index contributed by atoms with van der Waals surface area (Å²) in [6.45, 7) is 7.05. The Morgan fingerprint density at radius 3 is 3.11 bits per heavy atom. The topological polar surface area (TPSA) is 28.2 Å². The van der Waals surface area contributed by atoms with Gasteiger partial charge in [-0.1, -0.05) is 0 Å². The lowest BCUT2D eigenvalue weighted by Gasteiger charge is -2.30. The molecular weight excluding hydrogens is 242 g/mol. The van der Waals surface area contributed by atoms with Crippen LogP contribution in [-0.4, -0.2) is 36.1 Å². The largest absolute Gasteiger partial charge is 0.316 e. The fraction of sp³-hybridized carbons (Fsp3) is 0.786. The molecule has 4 heteroatoms. The first-order chi connectivity index (χ1) is 8.83. The summed E-state index contributed by atoms with van der Waals surface area (Å²) in [6.07, 6.45) is 5.37. The van der Waals surface area contributed by atoms with E-state index in [0.717, 1.165) is 5.92 Å². The van der Waals surface area contributed by atoms with E-state index in [1.54, 1.807) is 11.3 Å². The Hall–Kier alpha value is -0.450. The third-order valence-corrected chi connectivity index (χ3v) is 5.03. The van der Waals surface area contributed by atoms with Gasteiger partial charge in [-0.2, -0.15) is 0 Å². The zero-order chi connectivity index (χ0) is 12.4. The summed E-state index contributed by atoms with van der Waals surface area (Å²) < 4.78 is 0. The molecule has 0 radical (unpaired) electrons. The number of thiazole rings is 1. The number of hydrogen-bond donors (Lipinski definition) is 1. The molecule has 1 N–H and O–H groups in total. The number of aromatic nitrogens is 1. The predicted octanol–water partition coefficient (Wildman–Crippen LogP) is 2.59. The Kier molecular flexibility index (Phi) is 3.97. The van der Waals surface area contributed by atoms with Crippen LogP contribution in [0.2, 0.25) is 0 Å². The van der Waals surface area contributed by atoms with Crippen LogP contribution in [-0.2, 0) is 0 Å².